The van der Waals surface area contributed by atoms with Crippen molar-refractivity contribution in [1.82, 2.24) is 0 Å². The second-order valence-corrected chi connectivity index (χ2v) is 6.16. The summed E-state index contributed by atoms with van der Waals surface area (Å²) in [5.74, 6) is -0.900. The summed E-state index contributed by atoms with van der Waals surface area (Å²) in [4.78, 5) is 11.8. The van der Waals surface area contributed by atoms with Crippen LogP contribution in [0.15, 0.2) is 48.5 Å². The molecule has 0 radical (unpaired) electrons. The molecule has 1 heterocycles. The first kappa shape index (κ1) is 17.5. The highest BCUT2D eigenvalue weighted by atomic mass is 19.4. The molecule has 0 atom stereocenters. The van der Waals surface area contributed by atoms with Gasteiger partial charge in [-0.2, -0.15) is 13.2 Å². The molecule has 0 aliphatic carbocycles. The van der Waals surface area contributed by atoms with Gasteiger partial charge in [0, 0.05) is 13.2 Å². The lowest BCUT2D eigenvalue weighted by Crippen LogP contribution is -2.41. The maximum atomic E-state index is 12.9. The van der Waals surface area contributed by atoms with Crippen LogP contribution in [-0.4, -0.2) is 24.3 Å². The Balaban J connectivity index is 1.94. The predicted molar refractivity (Wildman–Crippen MR) is 86.2 cm³/mol. The van der Waals surface area contributed by atoms with Gasteiger partial charge < -0.3 is 9.84 Å². The molecule has 1 aliphatic rings. The Labute approximate surface area is 143 Å². The summed E-state index contributed by atoms with van der Waals surface area (Å²) in [6.45, 7) is 0.753. The van der Waals surface area contributed by atoms with Crippen LogP contribution in [0.1, 0.15) is 24.0 Å². The van der Waals surface area contributed by atoms with Gasteiger partial charge >= 0.3 is 12.1 Å². The molecular formula is C19H17F3O3. The number of carboxylic acid groups (broad SMARTS) is 1. The summed E-state index contributed by atoms with van der Waals surface area (Å²) in [5.41, 5.74) is 0.00430. The van der Waals surface area contributed by atoms with Crippen molar-refractivity contribution in [2.45, 2.75) is 24.4 Å². The Hall–Kier alpha value is -2.34. The number of benzene rings is 2. The van der Waals surface area contributed by atoms with E-state index >= 15 is 0 Å². The molecule has 0 amide bonds. The lowest BCUT2D eigenvalue weighted by Gasteiger charge is -2.33. The van der Waals surface area contributed by atoms with Crippen LogP contribution >= 0.6 is 0 Å². The van der Waals surface area contributed by atoms with Crippen molar-refractivity contribution < 1.29 is 27.8 Å². The van der Waals surface area contributed by atoms with Crippen molar-refractivity contribution >= 4 is 5.97 Å². The quantitative estimate of drug-likeness (QED) is 0.886. The van der Waals surface area contributed by atoms with Gasteiger partial charge in [0.2, 0.25) is 0 Å². The van der Waals surface area contributed by atoms with Crippen molar-refractivity contribution in [1.29, 1.82) is 0 Å². The largest absolute Gasteiger partial charge is 0.481 e. The number of hydrogen-bond donors (Lipinski definition) is 1. The lowest BCUT2D eigenvalue weighted by molar-refractivity contribution is -0.147. The molecule has 0 unspecified atom stereocenters. The molecule has 132 valence electrons. The van der Waals surface area contributed by atoms with Crippen molar-refractivity contribution in [3.63, 3.8) is 0 Å². The van der Waals surface area contributed by atoms with Gasteiger partial charge in [-0.05, 0) is 41.7 Å². The van der Waals surface area contributed by atoms with Crippen molar-refractivity contribution in [2.24, 2.45) is 0 Å². The van der Waals surface area contributed by atoms with Crippen LogP contribution in [0.5, 0.6) is 0 Å². The number of alkyl halides is 3. The van der Waals surface area contributed by atoms with Gasteiger partial charge in [0.25, 0.3) is 0 Å². The second-order valence-electron chi connectivity index (χ2n) is 6.16. The molecule has 1 fully saturated rings. The molecule has 0 aromatic heterocycles. The summed E-state index contributed by atoms with van der Waals surface area (Å²) < 4.78 is 43.8. The minimum atomic E-state index is -4.40. The second kappa shape index (κ2) is 6.52. The van der Waals surface area contributed by atoms with Gasteiger partial charge in [-0.15, -0.1) is 0 Å². The van der Waals surface area contributed by atoms with Crippen LogP contribution in [-0.2, 0) is 21.1 Å². The van der Waals surface area contributed by atoms with Crippen LogP contribution in [0.2, 0.25) is 0 Å². The number of hydrogen-bond acceptors (Lipinski definition) is 2. The van der Waals surface area contributed by atoms with E-state index in [1.165, 1.54) is 6.07 Å². The summed E-state index contributed by atoms with van der Waals surface area (Å²) in [5, 5.41) is 9.67. The molecule has 3 nitrogen and oxygen atoms in total. The van der Waals surface area contributed by atoms with Crippen molar-refractivity contribution in [3.8, 4) is 11.1 Å². The molecule has 6 heteroatoms. The first-order valence-electron chi connectivity index (χ1n) is 7.92. The van der Waals surface area contributed by atoms with Gasteiger partial charge in [0.1, 0.15) is 0 Å². The fourth-order valence-electron chi connectivity index (χ4n) is 3.20. The summed E-state index contributed by atoms with van der Waals surface area (Å²) >= 11 is 0. The number of carbonyl (C=O) groups is 1. The first-order valence-corrected chi connectivity index (χ1v) is 7.92. The highest BCUT2D eigenvalue weighted by molar-refractivity contribution is 5.82. The van der Waals surface area contributed by atoms with E-state index in [1.54, 1.807) is 30.3 Å². The average Bonchev–Trinajstić information content (AvgIpc) is 2.62. The molecule has 2 aromatic carbocycles. The topological polar surface area (TPSA) is 46.5 Å². The number of halogens is 3. The predicted octanol–water partition coefficient (Wildman–Crippen LogP) is 4.51. The Morgan fingerprint density at radius 2 is 1.64 bits per heavy atom. The Morgan fingerprint density at radius 3 is 2.20 bits per heavy atom. The highest BCUT2D eigenvalue weighted by Gasteiger charge is 2.41. The Kier molecular flexibility index (Phi) is 4.56. The zero-order chi connectivity index (χ0) is 18.1. The Bertz CT molecular complexity index is 760. The SMILES string of the molecule is O=C(O)C1(c2ccc(-c3cccc(C(F)(F)F)c3)cc2)CCOCC1. The van der Waals surface area contributed by atoms with E-state index < -0.39 is 23.1 Å². The maximum Gasteiger partial charge on any atom is 0.416 e. The normalized spacial score (nSPS) is 17.2. The minimum Gasteiger partial charge on any atom is -0.481 e. The van der Waals surface area contributed by atoms with Crippen molar-refractivity contribution in [2.75, 3.05) is 13.2 Å². The van der Waals surface area contributed by atoms with Crippen LogP contribution in [0.25, 0.3) is 11.1 Å². The fourth-order valence-corrected chi connectivity index (χ4v) is 3.20. The zero-order valence-electron chi connectivity index (χ0n) is 13.3. The number of rotatable bonds is 3. The fraction of sp³-hybridized carbons (Fsp3) is 0.316. The van der Waals surface area contributed by atoms with E-state index in [9.17, 15) is 23.1 Å². The monoisotopic (exact) mass is 350 g/mol. The van der Waals surface area contributed by atoms with Crippen LogP contribution in [0.3, 0.4) is 0 Å². The number of carboxylic acids is 1. The van der Waals surface area contributed by atoms with Crippen LogP contribution in [0.4, 0.5) is 13.2 Å². The van der Waals surface area contributed by atoms with Gasteiger partial charge in [-0.3, -0.25) is 4.79 Å². The first-order chi connectivity index (χ1) is 11.8. The lowest BCUT2D eigenvalue weighted by atomic mass is 9.74. The van der Waals surface area contributed by atoms with E-state index in [0.717, 1.165) is 12.1 Å². The Morgan fingerprint density at radius 1 is 1.00 bits per heavy atom. The van der Waals surface area contributed by atoms with Crippen LogP contribution in [0, 0.1) is 0 Å². The smallest absolute Gasteiger partial charge is 0.416 e. The van der Waals surface area contributed by atoms with Gasteiger partial charge in [0.05, 0.1) is 11.0 Å². The van der Waals surface area contributed by atoms with E-state index in [4.69, 9.17) is 4.74 Å². The molecule has 2 aromatic rings. The summed E-state index contributed by atoms with van der Waals surface area (Å²) in [6, 6.07) is 11.8. The van der Waals surface area contributed by atoms with Gasteiger partial charge in [-0.25, -0.2) is 0 Å². The van der Waals surface area contributed by atoms with Crippen LogP contribution < -0.4 is 0 Å². The van der Waals surface area contributed by atoms with E-state index in [0.29, 0.717) is 42.7 Å². The number of ether oxygens (including phenoxy) is 1. The molecule has 1 aliphatic heterocycles. The minimum absolute atomic E-state index is 0.377. The highest BCUT2D eigenvalue weighted by Crippen LogP contribution is 2.37. The molecule has 0 bridgehead atoms. The molecule has 1 saturated heterocycles. The molecule has 3 rings (SSSR count). The van der Waals surface area contributed by atoms with Gasteiger partial charge in [-0.1, -0.05) is 36.4 Å². The average molecular weight is 350 g/mol. The van der Waals surface area contributed by atoms with E-state index in [1.807, 2.05) is 0 Å². The molecule has 0 spiro atoms. The zero-order valence-corrected chi connectivity index (χ0v) is 13.3. The van der Waals surface area contributed by atoms with Crippen molar-refractivity contribution in [3.05, 3.63) is 59.7 Å². The third-order valence-electron chi connectivity index (χ3n) is 4.72. The van der Waals surface area contributed by atoms with Gasteiger partial charge in [0.15, 0.2) is 0 Å². The molecule has 25 heavy (non-hydrogen) atoms. The maximum absolute atomic E-state index is 12.9. The summed E-state index contributed by atoms with van der Waals surface area (Å²) in [6.07, 6.45) is -3.64. The summed E-state index contributed by atoms with van der Waals surface area (Å²) in [7, 11) is 0. The standard InChI is InChI=1S/C19H17F3O3/c20-19(21,22)16-3-1-2-14(12-16)13-4-6-15(7-5-13)18(17(23)24)8-10-25-11-9-18/h1-7,12H,8-11H2,(H,23,24). The third kappa shape index (κ3) is 3.39. The molecule has 1 N–H and O–H groups in total. The van der Waals surface area contributed by atoms with E-state index in [-0.39, 0.29) is 0 Å². The number of aliphatic carboxylic acids is 1. The third-order valence-corrected chi connectivity index (χ3v) is 4.72. The van der Waals surface area contributed by atoms with E-state index in [2.05, 4.69) is 0 Å². The molecular weight excluding hydrogens is 333 g/mol. The molecule has 0 saturated carbocycles.